The van der Waals surface area contributed by atoms with E-state index in [1.807, 2.05) is 12.1 Å². The zero-order valence-corrected chi connectivity index (χ0v) is 8.81. The lowest BCUT2D eigenvalue weighted by molar-refractivity contribution is 0.232. The van der Waals surface area contributed by atoms with Crippen molar-refractivity contribution in [1.82, 2.24) is 0 Å². The second kappa shape index (κ2) is 3.76. The first kappa shape index (κ1) is 9.61. The van der Waals surface area contributed by atoms with Crippen LogP contribution in [0.4, 0.5) is 0 Å². The maximum absolute atomic E-state index is 6.95. The Hall–Kier alpha value is -1.60. The van der Waals surface area contributed by atoms with Crippen LogP contribution in [0.15, 0.2) is 48.5 Å². The number of rotatable bonds is 2. The lowest BCUT2D eigenvalue weighted by Gasteiger charge is -2.11. The summed E-state index contributed by atoms with van der Waals surface area (Å²) in [5.41, 5.74) is 5.10. The Bertz CT molecular complexity index is 471. The second-order valence-corrected chi connectivity index (χ2v) is 4.04. The molecule has 3 rings (SSSR count). The van der Waals surface area contributed by atoms with Crippen LogP contribution in [0.1, 0.15) is 17.0 Å². The van der Waals surface area contributed by atoms with Gasteiger partial charge in [-0.25, -0.2) is 0 Å². The van der Waals surface area contributed by atoms with Gasteiger partial charge in [-0.15, -0.1) is 0 Å². The number of fused-ring (bicyclic) bond motifs is 3. The Labute approximate surface area is 95.7 Å². The zero-order valence-electron chi connectivity index (χ0n) is 8.81. The summed E-state index contributed by atoms with van der Waals surface area (Å²) in [5, 5.41) is 0. The van der Waals surface area contributed by atoms with Crippen LogP contribution in [-0.2, 0) is 4.74 Å². The molecule has 0 atom stereocenters. The summed E-state index contributed by atoms with van der Waals surface area (Å²) >= 11 is 0. The minimum atomic E-state index is 0.213. The molecule has 0 fully saturated rings. The van der Waals surface area contributed by atoms with Gasteiger partial charge >= 0.3 is 0 Å². The molecule has 0 aromatic heterocycles. The van der Waals surface area contributed by atoms with E-state index in [1.54, 1.807) is 0 Å². The highest BCUT2D eigenvalue weighted by atomic mass is 16.5. The van der Waals surface area contributed by atoms with E-state index in [0.717, 1.165) is 0 Å². The normalized spacial score (nSPS) is 13.6. The summed E-state index contributed by atoms with van der Waals surface area (Å²) in [6.45, 7) is 0.425. The van der Waals surface area contributed by atoms with Gasteiger partial charge in [-0.3, -0.25) is 0 Å². The monoisotopic (exact) mass is 207 g/mol. The fourth-order valence-electron chi connectivity index (χ4n) is 2.52. The third-order valence-electron chi connectivity index (χ3n) is 3.21. The smallest absolute Gasteiger partial charge is 0.173 e. The van der Waals surface area contributed by atoms with Gasteiger partial charge < -0.3 is 4.74 Å². The summed E-state index contributed by atoms with van der Waals surface area (Å²) in [6.07, 6.45) is 0. The molecule has 0 saturated carbocycles. The van der Waals surface area contributed by atoms with Crippen LogP contribution in [0.3, 0.4) is 0 Å². The molecule has 16 heavy (non-hydrogen) atoms. The van der Waals surface area contributed by atoms with Crippen LogP contribution in [-0.4, -0.2) is 6.61 Å². The largest absolute Gasteiger partial charge is 0.364 e. The summed E-state index contributed by atoms with van der Waals surface area (Å²) in [5.74, 6) is 0.213. The van der Waals surface area contributed by atoms with E-state index < -0.39 is 0 Å². The summed E-state index contributed by atoms with van der Waals surface area (Å²) < 4.78 is 4.59. The SMILES string of the molecule is [C]OCC1c2ccccc2-c2ccccc21. The minimum absolute atomic E-state index is 0.213. The average molecular weight is 207 g/mol. The van der Waals surface area contributed by atoms with Gasteiger partial charge in [-0.1, -0.05) is 48.5 Å². The molecule has 0 spiro atoms. The van der Waals surface area contributed by atoms with E-state index in [2.05, 4.69) is 41.1 Å². The van der Waals surface area contributed by atoms with Crippen molar-refractivity contribution in [2.75, 3.05) is 6.61 Å². The molecule has 77 valence electrons. The third kappa shape index (κ3) is 1.29. The molecule has 0 N–H and O–H groups in total. The Morgan fingerprint density at radius 3 is 1.88 bits per heavy atom. The van der Waals surface area contributed by atoms with Crippen molar-refractivity contribution in [3.05, 3.63) is 66.8 Å². The quantitative estimate of drug-likeness (QED) is 0.733. The minimum Gasteiger partial charge on any atom is -0.364 e. The Balaban J connectivity index is 2.21. The van der Waals surface area contributed by atoms with E-state index in [4.69, 9.17) is 7.11 Å². The highest BCUT2D eigenvalue weighted by Crippen LogP contribution is 2.44. The molecule has 2 aromatic rings. The molecule has 2 aromatic carbocycles. The van der Waals surface area contributed by atoms with Crippen molar-refractivity contribution in [3.63, 3.8) is 0 Å². The first-order valence-electron chi connectivity index (χ1n) is 5.38. The molecule has 0 saturated heterocycles. The van der Waals surface area contributed by atoms with E-state index in [9.17, 15) is 0 Å². The maximum atomic E-state index is 6.95. The topological polar surface area (TPSA) is 9.23 Å². The Morgan fingerprint density at radius 1 is 0.875 bits per heavy atom. The fourth-order valence-corrected chi connectivity index (χ4v) is 2.52. The molecule has 1 aliphatic carbocycles. The molecule has 0 unspecified atom stereocenters. The van der Waals surface area contributed by atoms with E-state index in [-0.39, 0.29) is 5.92 Å². The molecule has 1 heteroatoms. The lowest BCUT2D eigenvalue weighted by Crippen LogP contribution is -2.03. The highest BCUT2D eigenvalue weighted by molar-refractivity contribution is 5.78. The summed E-state index contributed by atoms with van der Waals surface area (Å²) in [7, 11) is 6.95. The van der Waals surface area contributed by atoms with Crippen LogP contribution in [0, 0.1) is 7.11 Å². The van der Waals surface area contributed by atoms with Gasteiger partial charge in [0.05, 0.1) is 6.61 Å². The van der Waals surface area contributed by atoms with Crippen molar-refractivity contribution < 1.29 is 4.74 Å². The molecule has 1 aliphatic rings. The van der Waals surface area contributed by atoms with E-state index >= 15 is 0 Å². The second-order valence-electron chi connectivity index (χ2n) is 4.04. The van der Waals surface area contributed by atoms with Crippen LogP contribution < -0.4 is 0 Å². The van der Waals surface area contributed by atoms with Crippen molar-refractivity contribution >= 4 is 0 Å². The molecule has 1 nitrogen and oxygen atoms in total. The molecule has 0 aliphatic heterocycles. The van der Waals surface area contributed by atoms with Crippen molar-refractivity contribution in [3.8, 4) is 11.1 Å². The molecule has 0 bridgehead atoms. The highest BCUT2D eigenvalue weighted by Gasteiger charge is 2.27. The van der Waals surface area contributed by atoms with Crippen molar-refractivity contribution in [2.45, 2.75) is 5.92 Å². The predicted octanol–water partition coefficient (Wildman–Crippen LogP) is 3.36. The molecule has 0 heterocycles. The summed E-state index contributed by atoms with van der Waals surface area (Å²) in [6, 6.07) is 16.7. The maximum Gasteiger partial charge on any atom is 0.173 e. The van der Waals surface area contributed by atoms with E-state index in [0.29, 0.717) is 6.61 Å². The van der Waals surface area contributed by atoms with Gasteiger partial charge in [-0.05, 0) is 22.3 Å². The van der Waals surface area contributed by atoms with Gasteiger partial charge in [-0.2, -0.15) is 0 Å². The number of benzene rings is 2. The number of hydrogen-bond acceptors (Lipinski definition) is 1. The number of ether oxygens (including phenoxy) is 1. The van der Waals surface area contributed by atoms with Crippen LogP contribution in [0.25, 0.3) is 11.1 Å². The van der Waals surface area contributed by atoms with Gasteiger partial charge in [0.2, 0.25) is 0 Å². The molecule has 3 radical (unpaired) electrons. The van der Waals surface area contributed by atoms with Gasteiger partial charge in [0.15, 0.2) is 7.11 Å². The number of hydrogen-bond donors (Lipinski definition) is 0. The molecule has 0 amide bonds. The average Bonchev–Trinajstić information content (AvgIpc) is 2.66. The van der Waals surface area contributed by atoms with Crippen LogP contribution in [0.2, 0.25) is 0 Å². The first-order chi connectivity index (χ1) is 7.92. The van der Waals surface area contributed by atoms with Crippen LogP contribution in [0.5, 0.6) is 0 Å². The van der Waals surface area contributed by atoms with Crippen molar-refractivity contribution in [2.24, 2.45) is 0 Å². The van der Waals surface area contributed by atoms with Crippen LogP contribution >= 0.6 is 0 Å². The van der Waals surface area contributed by atoms with Gasteiger partial charge in [0, 0.05) is 5.92 Å². The Kier molecular flexibility index (Phi) is 2.26. The van der Waals surface area contributed by atoms with E-state index in [1.165, 1.54) is 22.3 Å². The lowest BCUT2D eigenvalue weighted by atomic mass is 9.98. The standard InChI is InChI=1S/C15H11O/c1-16-10-15-13-8-4-2-6-11(13)12-7-3-5-9-14(12)15/h2-9,15H,10H2. The predicted molar refractivity (Wildman–Crippen MR) is 62.9 cm³/mol. The summed E-state index contributed by atoms with van der Waals surface area (Å²) in [4.78, 5) is 0. The first-order valence-corrected chi connectivity index (χ1v) is 5.38. The van der Waals surface area contributed by atoms with Crippen molar-refractivity contribution in [1.29, 1.82) is 0 Å². The van der Waals surface area contributed by atoms with Gasteiger partial charge in [0.1, 0.15) is 0 Å². The van der Waals surface area contributed by atoms with Gasteiger partial charge in [0.25, 0.3) is 0 Å². The molecular weight excluding hydrogens is 196 g/mol. The Morgan fingerprint density at radius 2 is 1.38 bits per heavy atom. The molecular formula is C15H11O. The third-order valence-corrected chi connectivity index (χ3v) is 3.21. The fraction of sp³-hybridized carbons (Fsp3) is 0.133. The zero-order chi connectivity index (χ0) is 11.0.